The third-order valence-electron chi connectivity index (χ3n) is 3.86. The fraction of sp³-hybridized carbons (Fsp3) is 0.176. The molecule has 0 spiro atoms. The average Bonchev–Trinajstić information content (AvgIpc) is 3.06. The Hall–Kier alpha value is -2.74. The fourth-order valence-corrected chi connectivity index (χ4v) is 2.99. The number of nitrogens with one attached hydrogen (secondary N) is 1. The maximum Gasteiger partial charge on any atom is 0.573 e. The molecular weight excluding hydrogens is 369 g/mol. The molecule has 0 radical (unpaired) electrons. The van der Waals surface area contributed by atoms with Crippen LogP contribution in [0.1, 0.15) is 0 Å². The number of amidine groups is 2. The summed E-state index contributed by atoms with van der Waals surface area (Å²) in [6, 6.07) is 10.9. The van der Waals surface area contributed by atoms with Crippen molar-refractivity contribution in [3.63, 3.8) is 0 Å². The molecule has 0 unspecified atom stereocenters. The molecular formula is C17H12ClF3N4O. The van der Waals surface area contributed by atoms with Gasteiger partial charge in [0.15, 0.2) is 11.7 Å². The van der Waals surface area contributed by atoms with E-state index in [4.69, 9.17) is 11.6 Å². The summed E-state index contributed by atoms with van der Waals surface area (Å²) >= 11 is 6.07. The van der Waals surface area contributed by atoms with Crippen molar-refractivity contribution in [1.29, 1.82) is 0 Å². The maximum atomic E-state index is 12.2. The van der Waals surface area contributed by atoms with Crippen molar-refractivity contribution >= 4 is 40.3 Å². The van der Waals surface area contributed by atoms with Crippen LogP contribution in [0.5, 0.6) is 5.75 Å². The van der Waals surface area contributed by atoms with E-state index in [0.717, 1.165) is 11.4 Å². The average molecular weight is 381 g/mol. The molecule has 0 saturated heterocycles. The minimum Gasteiger partial charge on any atom is -0.406 e. The summed E-state index contributed by atoms with van der Waals surface area (Å²) in [6.07, 6.45) is -4.72. The lowest BCUT2D eigenvalue weighted by Gasteiger charge is -2.27. The van der Waals surface area contributed by atoms with Gasteiger partial charge >= 0.3 is 6.36 Å². The van der Waals surface area contributed by atoms with Gasteiger partial charge in [-0.15, -0.1) is 13.2 Å². The Morgan fingerprint density at radius 2 is 1.88 bits per heavy atom. The monoisotopic (exact) mass is 380 g/mol. The van der Waals surface area contributed by atoms with E-state index >= 15 is 0 Å². The second-order valence-corrected chi connectivity index (χ2v) is 6.08. The summed E-state index contributed by atoms with van der Waals surface area (Å²) < 4.78 is 40.6. The lowest BCUT2D eigenvalue weighted by atomic mass is 10.2. The predicted octanol–water partition coefficient (Wildman–Crippen LogP) is 4.61. The van der Waals surface area contributed by atoms with Crippen LogP contribution in [-0.4, -0.2) is 31.1 Å². The van der Waals surface area contributed by atoms with Gasteiger partial charge in [0.05, 0.1) is 17.9 Å². The van der Waals surface area contributed by atoms with Gasteiger partial charge in [-0.05, 0) is 42.5 Å². The van der Waals surface area contributed by atoms with Gasteiger partial charge < -0.3 is 15.0 Å². The van der Waals surface area contributed by atoms with E-state index < -0.39 is 6.36 Å². The maximum absolute atomic E-state index is 12.2. The zero-order valence-corrected chi connectivity index (χ0v) is 14.0. The van der Waals surface area contributed by atoms with Gasteiger partial charge in [-0.25, -0.2) is 4.99 Å². The Morgan fingerprint density at radius 1 is 1.12 bits per heavy atom. The van der Waals surface area contributed by atoms with Crippen molar-refractivity contribution < 1.29 is 17.9 Å². The van der Waals surface area contributed by atoms with Crippen LogP contribution < -0.4 is 15.0 Å². The third kappa shape index (κ3) is 3.32. The van der Waals surface area contributed by atoms with E-state index in [1.54, 1.807) is 6.07 Å². The van der Waals surface area contributed by atoms with Crippen molar-refractivity contribution in [2.24, 2.45) is 9.98 Å². The fourth-order valence-electron chi connectivity index (χ4n) is 2.82. The number of benzene rings is 2. The van der Waals surface area contributed by atoms with Crippen LogP contribution in [0, 0.1) is 0 Å². The number of alkyl halides is 3. The molecule has 2 aliphatic heterocycles. The first-order valence-corrected chi connectivity index (χ1v) is 8.10. The van der Waals surface area contributed by atoms with E-state index in [1.807, 2.05) is 17.0 Å². The number of anilines is 2. The topological polar surface area (TPSA) is 49.2 Å². The zero-order chi connectivity index (χ0) is 18.3. The van der Waals surface area contributed by atoms with Crippen molar-refractivity contribution in [2.45, 2.75) is 6.36 Å². The van der Waals surface area contributed by atoms with Crippen LogP contribution in [0.4, 0.5) is 30.2 Å². The van der Waals surface area contributed by atoms with Gasteiger partial charge in [-0.1, -0.05) is 11.6 Å². The van der Waals surface area contributed by atoms with Crippen LogP contribution in [0.25, 0.3) is 0 Å². The summed E-state index contributed by atoms with van der Waals surface area (Å²) in [7, 11) is 0. The summed E-state index contributed by atoms with van der Waals surface area (Å²) in [5, 5.41) is 3.72. The van der Waals surface area contributed by atoms with Crippen LogP contribution in [0.3, 0.4) is 0 Å². The molecule has 0 bridgehead atoms. The summed E-state index contributed by atoms with van der Waals surface area (Å²) in [5.41, 5.74) is 2.20. The summed E-state index contributed by atoms with van der Waals surface area (Å²) in [4.78, 5) is 11.0. The number of halogens is 4. The first-order chi connectivity index (χ1) is 12.4. The first-order valence-electron chi connectivity index (χ1n) is 7.72. The Labute approximate surface area is 151 Å². The standard InChI is InChI=1S/C17H12ClF3N4O/c18-10-1-6-13-14(9-10)25-8-7-22-16(25)15(24-13)23-11-2-4-12(5-3-11)26-17(19,20)21/h1-6,9H,7-8H2,(H,23,24). The van der Waals surface area contributed by atoms with Gasteiger partial charge in [0.1, 0.15) is 5.75 Å². The molecule has 2 aliphatic rings. The molecule has 5 nitrogen and oxygen atoms in total. The van der Waals surface area contributed by atoms with Crippen LogP contribution >= 0.6 is 11.6 Å². The highest BCUT2D eigenvalue weighted by molar-refractivity contribution is 6.51. The SMILES string of the molecule is FC(F)(F)Oc1ccc(NC2=Nc3ccc(Cl)cc3N3CCN=C23)cc1. The van der Waals surface area contributed by atoms with Crippen LogP contribution in [0.2, 0.25) is 5.02 Å². The summed E-state index contributed by atoms with van der Waals surface area (Å²) in [6.45, 7) is 1.34. The highest BCUT2D eigenvalue weighted by atomic mass is 35.5. The van der Waals surface area contributed by atoms with Gasteiger partial charge in [0.25, 0.3) is 0 Å². The number of hydrogen-bond donors (Lipinski definition) is 1. The van der Waals surface area contributed by atoms with E-state index in [0.29, 0.717) is 35.5 Å². The van der Waals surface area contributed by atoms with Crippen LogP contribution in [0.15, 0.2) is 52.4 Å². The first kappa shape index (κ1) is 16.7. The molecule has 0 amide bonds. The van der Waals surface area contributed by atoms with Crippen molar-refractivity contribution in [1.82, 2.24) is 0 Å². The van der Waals surface area contributed by atoms with E-state index in [2.05, 4.69) is 20.0 Å². The summed E-state index contributed by atoms with van der Waals surface area (Å²) in [5.74, 6) is 0.922. The zero-order valence-electron chi connectivity index (χ0n) is 13.2. The highest BCUT2D eigenvalue weighted by Gasteiger charge is 2.31. The van der Waals surface area contributed by atoms with E-state index in [9.17, 15) is 13.2 Å². The second kappa shape index (κ2) is 6.21. The smallest absolute Gasteiger partial charge is 0.406 e. The van der Waals surface area contributed by atoms with Gasteiger partial charge in [-0.3, -0.25) is 4.99 Å². The number of fused-ring (bicyclic) bond motifs is 3. The van der Waals surface area contributed by atoms with Gasteiger partial charge in [0.2, 0.25) is 0 Å². The quantitative estimate of drug-likeness (QED) is 0.827. The van der Waals surface area contributed by atoms with Crippen molar-refractivity contribution in [3.05, 3.63) is 47.5 Å². The number of aliphatic imine (C=N–C) groups is 2. The molecule has 2 aromatic rings. The third-order valence-corrected chi connectivity index (χ3v) is 4.10. The highest BCUT2D eigenvalue weighted by Crippen LogP contribution is 2.36. The lowest BCUT2D eigenvalue weighted by Crippen LogP contribution is -2.39. The molecule has 2 heterocycles. The minimum atomic E-state index is -4.72. The van der Waals surface area contributed by atoms with Gasteiger partial charge in [0, 0.05) is 17.3 Å². The minimum absolute atomic E-state index is 0.284. The Morgan fingerprint density at radius 3 is 2.62 bits per heavy atom. The van der Waals surface area contributed by atoms with E-state index in [1.165, 1.54) is 24.3 Å². The Kier molecular flexibility index (Phi) is 3.99. The second-order valence-electron chi connectivity index (χ2n) is 5.65. The molecule has 2 aromatic carbocycles. The molecule has 0 atom stereocenters. The van der Waals surface area contributed by atoms with Crippen LogP contribution in [-0.2, 0) is 0 Å². The number of ether oxygens (including phenoxy) is 1. The largest absolute Gasteiger partial charge is 0.573 e. The molecule has 0 aromatic heterocycles. The number of hydrogen-bond acceptors (Lipinski definition) is 5. The molecule has 134 valence electrons. The molecule has 9 heteroatoms. The molecule has 1 N–H and O–H groups in total. The number of rotatable bonds is 2. The number of nitrogens with zero attached hydrogens (tertiary/aromatic N) is 3. The van der Waals surface area contributed by atoms with E-state index in [-0.39, 0.29) is 5.75 Å². The molecule has 26 heavy (non-hydrogen) atoms. The van der Waals surface area contributed by atoms with Crippen molar-refractivity contribution in [3.8, 4) is 5.75 Å². The van der Waals surface area contributed by atoms with Gasteiger partial charge in [-0.2, -0.15) is 0 Å². The molecule has 4 rings (SSSR count). The molecule has 0 fully saturated rings. The van der Waals surface area contributed by atoms with Crippen molar-refractivity contribution in [2.75, 3.05) is 23.3 Å². The Balaban J connectivity index is 1.60. The lowest BCUT2D eigenvalue weighted by molar-refractivity contribution is -0.274. The molecule has 0 saturated carbocycles. The molecule has 0 aliphatic carbocycles. The Bertz CT molecular complexity index is 909. The predicted molar refractivity (Wildman–Crippen MR) is 94.9 cm³/mol. The normalized spacial score (nSPS) is 15.8.